The molecule has 2 rings (SSSR count). The van der Waals surface area contributed by atoms with E-state index in [1.165, 1.54) is 24.0 Å². The first-order valence-corrected chi connectivity index (χ1v) is 8.25. The van der Waals surface area contributed by atoms with Gasteiger partial charge in [0.2, 0.25) is 0 Å². The monoisotopic (exact) mass is 289 g/mol. The molecule has 0 radical (unpaired) electrons. The average Bonchev–Trinajstić information content (AvgIpc) is 2.47. The summed E-state index contributed by atoms with van der Waals surface area (Å²) in [6.45, 7) is 6.65. The van der Waals surface area contributed by atoms with Crippen molar-refractivity contribution in [3.8, 4) is 0 Å². The van der Waals surface area contributed by atoms with E-state index in [2.05, 4.69) is 62.0 Å². The fourth-order valence-electron chi connectivity index (χ4n) is 3.46. The Morgan fingerprint density at radius 3 is 2.76 bits per heavy atom. The van der Waals surface area contributed by atoms with E-state index in [9.17, 15) is 0 Å². The fourth-order valence-corrected chi connectivity index (χ4v) is 3.46. The number of nitrogens with two attached hydrogens (primary N) is 1. The zero-order valence-corrected chi connectivity index (χ0v) is 14.0. The van der Waals surface area contributed by atoms with Gasteiger partial charge in [-0.1, -0.05) is 36.8 Å². The molecule has 21 heavy (non-hydrogen) atoms. The first-order valence-electron chi connectivity index (χ1n) is 8.25. The predicted molar refractivity (Wildman–Crippen MR) is 90.5 cm³/mol. The zero-order chi connectivity index (χ0) is 15.4. The molecule has 1 aliphatic heterocycles. The zero-order valence-electron chi connectivity index (χ0n) is 14.0. The molecule has 1 saturated heterocycles. The summed E-state index contributed by atoms with van der Waals surface area (Å²) < 4.78 is 0. The smallest absolute Gasteiger partial charge is 0.0499 e. The Bertz CT molecular complexity index is 444. The lowest BCUT2D eigenvalue weighted by Gasteiger charge is -2.42. The van der Waals surface area contributed by atoms with Gasteiger partial charge in [0.05, 0.1) is 0 Å². The van der Waals surface area contributed by atoms with Gasteiger partial charge in [-0.05, 0) is 52.4 Å². The largest absolute Gasteiger partial charge is 0.326 e. The van der Waals surface area contributed by atoms with Crippen LogP contribution >= 0.6 is 0 Å². The van der Waals surface area contributed by atoms with Crippen molar-refractivity contribution in [3.63, 3.8) is 0 Å². The van der Waals surface area contributed by atoms with E-state index < -0.39 is 0 Å². The van der Waals surface area contributed by atoms with Gasteiger partial charge in [0, 0.05) is 24.7 Å². The van der Waals surface area contributed by atoms with Crippen molar-refractivity contribution in [1.82, 2.24) is 9.80 Å². The highest BCUT2D eigenvalue weighted by Crippen LogP contribution is 2.29. The summed E-state index contributed by atoms with van der Waals surface area (Å²) in [5, 5.41) is 0. The lowest BCUT2D eigenvalue weighted by molar-refractivity contribution is 0.0832. The first-order chi connectivity index (χ1) is 10.0. The number of rotatable bonds is 5. The van der Waals surface area contributed by atoms with Crippen LogP contribution in [0.3, 0.4) is 0 Å². The van der Waals surface area contributed by atoms with Crippen LogP contribution in [0.1, 0.15) is 43.4 Å². The van der Waals surface area contributed by atoms with Crippen molar-refractivity contribution < 1.29 is 0 Å². The Balaban J connectivity index is 2.23. The standard InChI is InChI=1S/C18H31N3/c1-5-17(19)18(15-9-6-8-14(2)12-15)21-11-7-10-16(13-21)20(3)4/h6,8-9,12,16-18H,5,7,10-11,13,19H2,1-4H3. The highest BCUT2D eigenvalue weighted by Gasteiger charge is 2.30. The van der Waals surface area contributed by atoms with Crippen LogP contribution in [0.2, 0.25) is 0 Å². The number of benzene rings is 1. The molecule has 1 aromatic rings. The Kier molecular flexibility index (Phi) is 5.80. The minimum Gasteiger partial charge on any atom is -0.326 e. The van der Waals surface area contributed by atoms with Crippen LogP contribution in [0.15, 0.2) is 24.3 Å². The van der Waals surface area contributed by atoms with Gasteiger partial charge in [0.25, 0.3) is 0 Å². The molecule has 1 aliphatic rings. The molecule has 3 nitrogen and oxygen atoms in total. The highest BCUT2D eigenvalue weighted by atomic mass is 15.2. The van der Waals surface area contributed by atoms with Gasteiger partial charge in [-0.25, -0.2) is 0 Å². The summed E-state index contributed by atoms with van der Waals surface area (Å²) in [6.07, 6.45) is 3.58. The molecule has 0 aliphatic carbocycles. The van der Waals surface area contributed by atoms with E-state index in [0.717, 1.165) is 19.5 Å². The number of likely N-dealkylation sites (tertiary alicyclic amines) is 1. The first kappa shape index (κ1) is 16.5. The Morgan fingerprint density at radius 1 is 1.38 bits per heavy atom. The normalized spacial score (nSPS) is 23.2. The number of piperidine rings is 1. The molecule has 1 aromatic carbocycles. The van der Waals surface area contributed by atoms with E-state index in [1.807, 2.05) is 0 Å². The molecule has 3 unspecified atom stereocenters. The van der Waals surface area contributed by atoms with Gasteiger partial charge in [0.15, 0.2) is 0 Å². The van der Waals surface area contributed by atoms with Crippen molar-refractivity contribution in [1.29, 1.82) is 0 Å². The van der Waals surface area contributed by atoms with Gasteiger partial charge in [0.1, 0.15) is 0 Å². The third-order valence-electron chi connectivity index (χ3n) is 4.81. The molecule has 2 N–H and O–H groups in total. The number of hydrogen-bond acceptors (Lipinski definition) is 3. The summed E-state index contributed by atoms with van der Waals surface area (Å²) >= 11 is 0. The molecular weight excluding hydrogens is 258 g/mol. The molecule has 0 spiro atoms. The second-order valence-electron chi connectivity index (χ2n) is 6.69. The molecule has 3 atom stereocenters. The summed E-state index contributed by atoms with van der Waals surface area (Å²) in [6, 6.07) is 10.1. The minimum absolute atomic E-state index is 0.202. The van der Waals surface area contributed by atoms with E-state index >= 15 is 0 Å². The maximum Gasteiger partial charge on any atom is 0.0499 e. The summed E-state index contributed by atoms with van der Waals surface area (Å²) in [7, 11) is 4.38. The van der Waals surface area contributed by atoms with Crippen LogP contribution in [0.5, 0.6) is 0 Å². The van der Waals surface area contributed by atoms with Crippen molar-refractivity contribution >= 4 is 0 Å². The number of nitrogens with zero attached hydrogens (tertiary/aromatic N) is 2. The van der Waals surface area contributed by atoms with E-state index in [1.54, 1.807) is 0 Å². The SMILES string of the molecule is CCC(N)C(c1cccc(C)c1)N1CCCC(N(C)C)C1. The summed E-state index contributed by atoms with van der Waals surface area (Å²) in [5.41, 5.74) is 9.20. The fraction of sp³-hybridized carbons (Fsp3) is 0.667. The Morgan fingerprint density at radius 2 is 2.14 bits per heavy atom. The molecular formula is C18H31N3. The minimum atomic E-state index is 0.202. The van der Waals surface area contributed by atoms with Crippen molar-refractivity contribution in [3.05, 3.63) is 35.4 Å². The Labute approximate surface area is 130 Å². The van der Waals surface area contributed by atoms with Crippen LogP contribution in [-0.2, 0) is 0 Å². The molecule has 0 aromatic heterocycles. The third kappa shape index (κ3) is 4.06. The van der Waals surface area contributed by atoms with E-state index in [4.69, 9.17) is 5.73 Å². The molecule has 1 fully saturated rings. The maximum atomic E-state index is 6.50. The average molecular weight is 289 g/mol. The van der Waals surface area contributed by atoms with Crippen molar-refractivity contribution in [2.24, 2.45) is 5.73 Å². The number of aryl methyl sites for hydroxylation is 1. The predicted octanol–water partition coefficient (Wildman–Crippen LogP) is 2.80. The molecule has 3 heteroatoms. The third-order valence-corrected chi connectivity index (χ3v) is 4.81. The van der Waals surface area contributed by atoms with Gasteiger partial charge in [-0.2, -0.15) is 0 Å². The van der Waals surface area contributed by atoms with E-state index in [-0.39, 0.29) is 6.04 Å². The van der Waals surface area contributed by atoms with E-state index in [0.29, 0.717) is 12.1 Å². The van der Waals surface area contributed by atoms with Gasteiger partial charge in [-0.15, -0.1) is 0 Å². The molecule has 0 saturated carbocycles. The van der Waals surface area contributed by atoms with Crippen molar-refractivity contribution in [2.45, 2.75) is 51.2 Å². The van der Waals surface area contributed by atoms with Crippen LogP contribution < -0.4 is 5.73 Å². The highest BCUT2D eigenvalue weighted by molar-refractivity contribution is 5.26. The summed E-state index contributed by atoms with van der Waals surface area (Å²) in [4.78, 5) is 4.97. The molecule has 118 valence electrons. The topological polar surface area (TPSA) is 32.5 Å². The number of likely N-dealkylation sites (N-methyl/N-ethyl adjacent to an activating group) is 1. The number of hydrogen-bond donors (Lipinski definition) is 1. The second kappa shape index (κ2) is 7.39. The lowest BCUT2D eigenvalue weighted by Crippen LogP contribution is -2.50. The Hall–Kier alpha value is -0.900. The molecule has 0 bridgehead atoms. The maximum absolute atomic E-state index is 6.50. The molecule has 1 heterocycles. The summed E-state index contributed by atoms with van der Waals surface area (Å²) in [5.74, 6) is 0. The second-order valence-corrected chi connectivity index (χ2v) is 6.69. The van der Waals surface area contributed by atoms with Gasteiger partial charge < -0.3 is 10.6 Å². The van der Waals surface area contributed by atoms with Crippen LogP contribution in [-0.4, -0.2) is 49.1 Å². The van der Waals surface area contributed by atoms with Gasteiger partial charge in [-0.3, -0.25) is 4.90 Å². The quantitative estimate of drug-likeness (QED) is 0.904. The van der Waals surface area contributed by atoms with Crippen molar-refractivity contribution in [2.75, 3.05) is 27.2 Å². The van der Waals surface area contributed by atoms with Gasteiger partial charge >= 0.3 is 0 Å². The van der Waals surface area contributed by atoms with Crippen LogP contribution in [0.4, 0.5) is 0 Å². The molecule has 0 amide bonds. The lowest BCUT2D eigenvalue weighted by atomic mass is 9.92. The van der Waals surface area contributed by atoms with Crippen LogP contribution in [0, 0.1) is 6.92 Å². The van der Waals surface area contributed by atoms with Crippen LogP contribution in [0.25, 0.3) is 0 Å².